The van der Waals surface area contributed by atoms with Crippen molar-refractivity contribution < 1.29 is 22.7 Å². The summed E-state index contributed by atoms with van der Waals surface area (Å²) in [6.45, 7) is 7.42. The molecule has 1 heterocycles. The first-order valence-corrected chi connectivity index (χ1v) is 11.4. The van der Waals surface area contributed by atoms with Gasteiger partial charge in [-0.1, -0.05) is 29.8 Å². The Morgan fingerprint density at radius 1 is 1.16 bits per heavy atom. The molecule has 2 N–H and O–H groups in total. The quantitative estimate of drug-likeness (QED) is 0.687. The monoisotopic (exact) mass is 445 g/mol. The Kier molecular flexibility index (Phi) is 6.54. The SMILES string of the molecule is Cc1ccc(S(=O)(=O)NN=C2CC(CNC(=O)OC(C)(C)C)Oc3ccccc32)cc1. The molecule has 0 saturated carbocycles. The fraction of sp³-hybridized carbons (Fsp3) is 0.364. The van der Waals surface area contributed by atoms with E-state index in [1.165, 1.54) is 12.1 Å². The second kappa shape index (κ2) is 8.97. The Hall–Kier alpha value is -3.07. The molecule has 0 spiro atoms. The molecule has 0 radical (unpaired) electrons. The maximum Gasteiger partial charge on any atom is 0.407 e. The third kappa shape index (κ3) is 6.21. The van der Waals surface area contributed by atoms with Crippen LogP contribution in [-0.4, -0.2) is 38.5 Å². The van der Waals surface area contributed by atoms with Crippen molar-refractivity contribution in [2.45, 2.75) is 50.7 Å². The van der Waals surface area contributed by atoms with Gasteiger partial charge in [0.05, 0.1) is 17.2 Å². The molecular formula is C22H27N3O5S. The maximum atomic E-state index is 12.6. The summed E-state index contributed by atoms with van der Waals surface area (Å²) in [5.41, 5.74) is 1.57. The van der Waals surface area contributed by atoms with Crippen LogP contribution in [0, 0.1) is 6.92 Å². The second-order valence-corrected chi connectivity index (χ2v) is 9.95. The number of aryl methyl sites for hydroxylation is 1. The molecule has 0 aromatic heterocycles. The lowest BCUT2D eigenvalue weighted by atomic mass is 10.00. The number of alkyl carbamates (subject to hydrolysis) is 1. The van der Waals surface area contributed by atoms with Gasteiger partial charge in [0.2, 0.25) is 0 Å². The zero-order valence-electron chi connectivity index (χ0n) is 18.0. The number of nitrogens with one attached hydrogen (secondary N) is 2. The average Bonchev–Trinajstić information content (AvgIpc) is 2.69. The predicted octanol–water partition coefficient (Wildman–Crippen LogP) is 3.35. The van der Waals surface area contributed by atoms with Crippen LogP contribution in [0.1, 0.15) is 38.3 Å². The lowest BCUT2D eigenvalue weighted by molar-refractivity contribution is 0.0501. The van der Waals surface area contributed by atoms with E-state index in [0.717, 1.165) is 5.56 Å². The van der Waals surface area contributed by atoms with E-state index in [0.29, 0.717) is 23.4 Å². The van der Waals surface area contributed by atoms with Gasteiger partial charge in [-0.15, -0.1) is 0 Å². The lowest BCUT2D eigenvalue weighted by Crippen LogP contribution is -2.41. The first-order chi connectivity index (χ1) is 14.5. The van der Waals surface area contributed by atoms with Gasteiger partial charge < -0.3 is 14.8 Å². The first kappa shape index (κ1) is 22.6. The molecule has 3 rings (SSSR count). The number of para-hydroxylation sites is 1. The molecule has 1 amide bonds. The maximum absolute atomic E-state index is 12.6. The highest BCUT2D eigenvalue weighted by molar-refractivity contribution is 7.89. The third-order valence-corrected chi connectivity index (χ3v) is 5.64. The number of rotatable bonds is 5. The molecule has 1 aliphatic heterocycles. The van der Waals surface area contributed by atoms with Crippen molar-refractivity contribution in [3.05, 3.63) is 59.7 Å². The molecule has 166 valence electrons. The fourth-order valence-electron chi connectivity index (χ4n) is 2.97. The van der Waals surface area contributed by atoms with Crippen LogP contribution in [0.15, 0.2) is 58.5 Å². The summed E-state index contributed by atoms with van der Waals surface area (Å²) >= 11 is 0. The van der Waals surface area contributed by atoms with Crippen molar-refractivity contribution in [1.82, 2.24) is 10.1 Å². The van der Waals surface area contributed by atoms with Gasteiger partial charge in [0.25, 0.3) is 10.0 Å². The molecule has 0 bridgehead atoms. The normalized spacial score (nSPS) is 17.4. The number of amides is 1. The number of sulfonamides is 1. The molecule has 2 aromatic carbocycles. The summed E-state index contributed by atoms with van der Waals surface area (Å²) in [7, 11) is -3.81. The Labute approximate surface area is 182 Å². The highest BCUT2D eigenvalue weighted by atomic mass is 32.2. The van der Waals surface area contributed by atoms with E-state index in [1.54, 1.807) is 39.0 Å². The number of hydrogen-bond donors (Lipinski definition) is 2. The summed E-state index contributed by atoms with van der Waals surface area (Å²) in [5, 5.41) is 6.87. The van der Waals surface area contributed by atoms with Crippen molar-refractivity contribution >= 4 is 21.8 Å². The lowest BCUT2D eigenvalue weighted by Gasteiger charge is -2.28. The number of benzene rings is 2. The number of ether oxygens (including phenoxy) is 2. The molecule has 1 atom stereocenters. The van der Waals surface area contributed by atoms with Crippen molar-refractivity contribution in [1.29, 1.82) is 0 Å². The van der Waals surface area contributed by atoms with E-state index in [9.17, 15) is 13.2 Å². The van der Waals surface area contributed by atoms with E-state index in [4.69, 9.17) is 9.47 Å². The van der Waals surface area contributed by atoms with Gasteiger partial charge in [0.15, 0.2) is 0 Å². The largest absolute Gasteiger partial charge is 0.487 e. The molecular weight excluding hydrogens is 418 g/mol. The molecule has 0 saturated heterocycles. The Morgan fingerprint density at radius 3 is 2.52 bits per heavy atom. The first-order valence-electron chi connectivity index (χ1n) is 9.91. The van der Waals surface area contributed by atoms with E-state index < -0.39 is 27.8 Å². The van der Waals surface area contributed by atoms with Gasteiger partial charge in [0, 0.05) is 12.0 Å². The number of fused-ring (bicyclic) bond motifs is 1. The minimum Gasteiger partial charge on any atom is -0.487 e. The number of carbonyl (C=O) groups is 1. The van der Waals surface area contributed by atoms with E-state index in [-0.39, 0.29) is 11.4 Å². The standard InChI is InChI=1S/C22H27N3O5S/c1-15-9-11-17(12-10-15)31(27,28)25-24-19-13-16(14-23-21(26)30-22(2,3)4)29-20-8-6-5-7-18(19)20/h5-12,16,25H,13-14H2,1-4H3,(H,23,26). The van der Waals surface area contributed by atoms with Gasteiger partial charge in [-0.3, -0.25) is 0 Å². The molecule has 1 unspecified atom stereocenters. The smallest absolute Gasteiger partial charge is 0.407 e. The van der Waals surface area contributed by atoms with E-state index in [1.807, 2.05) is 25.1 Å². The van der Waals surface area contributed by atoms with Gasteiger partial charge in [0.1, 0.15) is 17.5 Å². The van der Waals surface area contributed by atoms with Crippen molar-refractivity contribution in [3.63, 3.8) is 0 Å². The van der Waals surface area contributed by atoms with Crippen LogP contribution >= 0.6 is 0 Å². The van der Waals surface area contributed by atoms with Crippen LogP contribution in [-0.2, 0) is 14.8 Å². The van der Waals surface area contributed by atoms with Crippen molar-refractivity contribution in [2.75, 3.05) is 6.54 Å². The van der Waals surface area contributed by atoms with E-state index in [2.05, 4.69) is 15.2 Å². The van der Waals surface area contributed by atoms with Crippen LogP contribution in [0.2, 0.25) is 0 Å². The molecule has 2 aromatic rings. The summed E-state index contributed by atoms with van der Waals surface area (Å²) in [5.74, 6) is 0.568. The number of carbonyl (C=O) groups excluding carboxylic acids is 1. The molecule has 0 aliphatic carbocycles. The van der Waals surface area contributed by atoms with Crippen LogP contribution < -0.4 is 14.9 Å². The fourth-order valence-corrected chi connectivity index (χ4v) is 3.80. The van der Waals surface area contributed by atoms with Crippen LogP contribution in [0.5, 0.6) is 5.75 Å². The molecule has 9 heteroatoms. The summed E-state index contributed by atoms with van der Waals surface area (Å²) in [6.07, 6.45) is -0.665. The summed E-state index contributed by atoms with van der Waals surface area (Å²) in [4.78, 5) is 14.4. The number of hydrazone groups is 1. The third-order valence-electron chi connectivity index (χ3n) is 4.42. The summed E-state index contributed by atoms with van der Waals surface area (Å²) in [6, 6.07) is 13.7. The van der Waals surface area contributed by atoms with Gasteiger partial charge in [-0.25, -0.2) is 4.79 Å². The molecule has 0 fully saturated rings. The second-order valence-electron chi connectivity index (χ2n) is 8.29. The van der Waals surface area contributed by atoms with Crippen molar-refractivity contribution in [2.24, 2.45) is 5.10 Å². The number of nitrogens with zero attached hydrogens (tertiary/aromatic N) is 1. The molecule has 1 aliphatic rings. The highest BCUT2D eigenvalue weighted by Gasteiger charge is 2.27. The van der Waals surface area contributed by atoms with Crippen LogP contribution in [0.4, 0.5) is 4.79 Å². The summed E-state index contributed by atoms with van der Waals surface area (Å²) < 4.78 is 36.4. The molecule has 8 nitrogen and oxygen atoms in total. The minimum absolute atomic E-state index is 0.130. The van der Waals surface area contributed by atoms with Gasteiger partial charge in [-0.05, 0) is 52.0 Å². The molecule has 31 heavy (non-hydrogen) atoms. The van der Waals surface area contributed by atoms with Gasteiger partial charge in [-0.2, -0.15) is 18.4 Å². The van der Waals surface area contributed by atoms with Crippen molar-refractivity contribution in [3.8, 4) is 5.75 Å². The van der Waals surface area contributed by atoms with Crippen LogP contribution in [0.3, 0.4) is 0 Å². The number of hydrogen-bond acceptors (Lipinski definition) is 6. The zero-order chi connectivity index (χ0) is 22.6. The average molecular weight is 446 g/mol. The van der Waals surface area contributed by atoms with Gasteiger partial charge >= 0.3 is 6.09 Å². The zero-order valence-corrected chi connectivity index (χ0v) is 18.8. The minimum atomic E-state index is -3.81. The van der Waals surface area contributed by atoms with E-state index >= 15 is 0 Å². The Balaban J connectivity index is 1.75. The Bertz CT molecular complexity index is 1070. The predicted molar refractivity (Wildman–Crippen MR) is 118 cm³/mol. The van der Waals surface area contributed by atoms with Crippen LogP contribution in [0.25, 0.3) is 0 Å². The Morgan fingerprint density at radius 2 is 1.84 bits per heavy atom. The highest BCUT2D eigenvalue weighted by Crippen LogP contribution is 2.27. The topological polar surface area (TPSA) is 106 Å².